The van der Waals surface area contributed by atoms with Crippen molar-refractivity contribution < 1.29 is 19.8 Å². The van der Waals surface area contributed by atoms with Gasteiger partial charge in [-0.2, -0.15) is 0 Å². The Hall–Kier alpha value is -2.08. The van der Waals surface area contributed by atoms with Crippen molar-refractivity contribution in [1.82, 2.24) is 5.32 Å². The largest absolute Gasteiger partial charge is 0.507 e. The fourth-order valence-electron chi connectivity index (χ4n) is 1.93. The summed E-state index contributed by atoms with van der Waals surface area (Å²) in [6, 6.07) is 3.73. The van der Waals surface area contributed by atoms with E-state index in [1.807, 2.05) is 0 Å². The molecule has 0 bridgehead atoms. The van der Waals surface area contributed by atoms with Crippen molar-refractivity contribution >= 4 is 17.6 Å². The minimum atomic E-state index is -1.21. The first-order valence-corrected chi connectivity index (χ1v) is 5.68. The second-order valence-electron chi connectivity index (χ2n) is 4.18. The van der Waals surface area contributed by atoms with Crippen LogP contribution in [0, 0.1) is 0 Å². The number of carbonyl (C=O) groups excluding carboxylic acids is 1. The molecule has 0 saturated carbocycles. The summed E-state index contributed by atoms with van der Waals surface area (Å²) in [7, 11) is 0. The van der Waals surface area contributed by atoms with E-state index in [4.69, 9.17) is 5.11 Å². The lowest BCUT2D eigenvalue weighted by Gasteiger charge is -2.11. The van der Waals surface area contributed by atoms with E-state index < -0.39 is 5.97 Å². The molecule has 1 aliphatic heterocycles. The number of carboxylic acids is 1. The highest BCUT2D eigenvalue weighted by atomic mass is 16.4. The number of amides is 1. The van der Waals surface area contributed by atoms with E-state index in [-0.39, 0.29) is 23.3 Å². The predicted octanol–water partition coefficient (Wildman–Crippen LogP) is 0.781. The molecular weight excluding hydrogens is 236 g/mol. The van der Waals surface area contributed by atoms with Gasteiger partial charge in [-0.15, -0.1) is 0 Å². The number of nitrogens with one attached hydrogen (secondary N) is 2. The summed E-state index contributed by atoms with van der Waals surface area (Å²) in [6.45, 7) is 0.821. The summed E-state index contributed by atoms with van der Waals surface area (Å²) < 4.78 is 0. The fraction of sp³-hybridized carbons (Fsp3) is 0.333. The molecule has 1 heterocycles. The van der Waals surface area contributed by atoms with Crippen molar-refractivity contribution in [2.75, 3.05) is 11.9 Å². The van der Waals surface area contributed by atoms with E-state index in [2.05, 4.69) is 10.6 Å². The minimum Gasteiger partial charge on any atom is -0.507 e. The van der Waals surface area contributed by atoms with E-state index in [9.17, 15) is 14.7 Å². The molecule has 1 aromatic rings. The maximum absolute atomic E-state index is 11.8. The maximum Gasteiger partial charge on any atom is 0.339 e. The van der Waals surface area contributed by atoms with Gasteiger partial charge in [-0.05, 0) is 31.5 Å². The molecular formula is C12H14N2O4. The van der Waals surface area contributed by atoms with Crippen LogP contribution in [0.4, 0.5) is 5.69 Å². The Bertz CT molecular complexity index is 481. The molecule has 0 radical (unpaired) electrons. The normalized spacial score (nSPS) is 18.6. The number of hydrogen-bond acceptors (Lipinski definition) is 4. The van der Waals surface area contributed by atoms with Crippen LogP contribution in [0.25, 0.3) is 0 Å². The van der Waals surface area contributed by atoms with E-state index in [0.717, 1.165) is 19.4 Å². The van der Waals surface area contributed by atoms with Crippen LogP contribution in [0.2, 0.25) is 0 Å². The van der Waals surface area contributed by atoms with Crippen LogP contribution in [0.3, 0.4) is 0 Å². The van der Waals surface area contributed by atoms with Crippen LogP contribution >= 0.6 is 0 Å². The van der Waals surface area contributed by atoms with Crippen molar-refractivity contribution in [3.63, 3.8) is 0 Å². The number of aromatic hydroxyl groups is 1. The van der Waals surface area contributed by atoms with E-state index in [1.54, 1.807) is 0 Å². The van der Waals surface area contributed by atoms with Gasteiger partial charge in [0.05, 0.1) is 6.04 Å². The van der Waals surface area contributed by atoms with E-state index >= 15 is 0 Å². The van der Waals surface area contributed by atoms with Gasteiger partial charge >= 0.3 is 5.97 Å². The number of benzene rings is 1. The molecule has 2 rings (SSSR count). The number of carbonyl (C=O) groups is 2. The first-order chi connectivity index (χ1) is 8.58. The average molecular weight is 250 g/mol. The number of carboxylic acid groups (broad SMARTS) is 1. The molecule has 1 fully saturated rings. The summed E-state index contributed by atoms with van der Waals surface area (Å²) in [6.07, 6.45) is 1.74. The number of phenols is 1. The lowest BCUT2D eigenvalue weighted by atomic mass is 10.1. The molecule has 0 aromatic heterocycles. The molecule has 1 aliphatic rings. The van der Waals surface area contributed by atoms with E-state index in [1.165, 1.54) is 18.2 Å². The number of hydrogen-bond donors (Lipinski definition) is 4. The zero-order valence-electron chi connectivity index (χ0n) is 9.64. The fourth-order valence-corrected chi connectivity index (χ4v) is 1.93. The molecule has 0 spiro atoms. The average Bonchev–Trinajstić information content (AvgIpc) is 2.81. The molecule has 18 heavy (non-hydrogen) atoms. The molecule has 1 amide bonds. The van der Waals surface area contributed by atoms with Crippen LogP contribution in [-0.2, 0) is 4.79 Å². The van der Waals surface area contributed by atoms with Crippen molar-refractivity contribution in [3.05, 3.63) is 23.8 Å². The van der Waals surface area contributed by atoms with Gasteiger partial charge in [-0.1, -0.05) is 0 Å². The Balaban J connectivity index is 2.07. The van der Waals surface area contributed by atoms with Crippen LogP contribution in [0.1, 0.15) is 23.2 Å². The second kappa shape index (κ2) is 5.05. The lowest BCUT2D eigenvalue weighted by molar-refractivity contribution is -0.117. The predicted molar refractivity (Wildman–Crippen MR) is 64.7 cm³/mol. The van der Waals surface area contributed by atoms with Crippen LogP contribution < -0.4 is 10.6 Å². The lowest BCUT2D eigenvalue weighted by Crippen LogP contribution is -2.35. The highest BCUT2D eigenvalue weighted by Gasteiger charge is 2.22. The Morgan fingerprint density at radius 1 is 1.39 bits per heavy atom. The molecule has 6 heteroatoms. The van der Waals surface area contributed by atoms with E-state index in [0.29, 0.717) is 5.69 Å². The third-order valence-electron chi connectivity index (χ3n) is 2.87. The Kier molecular flexibility index (Phi) is 3.47. The number of rotatable bonds is 3. The van der Waals surface area contributed by atoms with Gasteiger partial charge in [0.1, 0.15) is 11.3 Å². The molecule has 6 nitrogen and oxygen atoms in total. The van der Waals surface area contributed by atoms with Crippen LogP contribution in [-0.4, -0.2) is 34.7 Å². The Morgan fingerprint density at radius 2 is 2.17 bits per heavy atom. The zero-order valence-corrected chi connectivity index (χ0v) is 9.64. The number of anilines is 1. The summed E-state index contributed by atoms with van der Waals surface area (Å²) in [5.41, 5.74) is 0.197. The first kappa shape index (κ1) is 12.4. The molecule has 96 valence electrons. The van der Waals surface area contributed by atoms with Gasteiger partial charge in [0.2, 0.25) is 5.91 Å². The molecule has 1 aromatic carbocycles. The minimum absolute atomic E-state index is 0.171. The highest BCUT2D eigenvalue weighted by molar-refractivity contribution is 5.96. The molecule has 1 atom stereocenters. The van der Waals surface area contributed by atoms with Crippen molar-refractivity contribution in [2.24, 2.45) is 0 Å². The molecule has 1 unspecified atom stereocenters. The summed E-state index contributed by atoms with van der Waals surface area (Å²) >= 11 is 0. The summed E-state index contributed by atoms with van der Waals surface area (Å²) in [4.78, 5) is 22.5. The summed E-state index contributed by atoms with van der Waals surface area (Å²) in [5, 5.41) is 23.9. The van der Waals surface area contributed by atoms with Gasteiger partial charge < -0.3 is 20.8 Å². The standard InChI is InChI=1S/C12H14N2O4/c15-10-6-7(3-4-8(10)12(17)18)14-11(16)9-2-1-5-13-9/h3-4,6,9,13,15H,1-2,5H2,(H,14,16)(H,17,18). The smallest absolute Gasteiger partial charge is 0.339 e. The zero-order chi connectivity index (χ0) is 13.1. The monoisotopic (exact) mass is 250 g/mol. The number of aromatic carboxylic acids is 1. The van der Waals surface area contributed by atoms with Gasteiger partial charge in [0.25, 0.3) is 0 Å². The Labute approximate surface area is 104 Å². The molecule has 1 saturated heterocycles. The quantitative estimate of drug-likeness (QED) is 0.635. The SMILES string of the molecule is O=C(O)c1ccc(NC(=O)C2CCCN2)cc1O. The van der Waals surface area contributed by atoms with Gasteiger partial charge in [0, 0.05) is 11.8 Å². The molecule has 0 aliphatic carbocycles. The van der Waals surface area contributed by atoms with Crippen LogP contribution in [0.5, 0.6) is 5.75 Å². The van der Waals surface area contributed by atoms with Crippen molar-refractivity contribution in [3.8, 4) is 5.75 Å². The third kappa shape index (κ3) is 2.60. The van der Waals surface area contributed by atoms with Gasteiger partial charge in [0.15, 0.2) is 0 Å². The van der Waals surface area contributed by atoms with Crippen molar-refractivity contribution in [1.29, 1.82) is 0 Å². The topological polar surface area (TPSA) is 98.7 Å². The molecule has 4 N–H and O–H groups in total. The van der Waals surface area contributed by atoms with Gasteiger partial charge in [-0.25, -0.2) is 4.79 Å². The maximum atomic E-state index is 11.8. The second-order valence-corrected chi connectivity index (χ2v) is 4.18. The Morgan fingerprint density at radius 3 is 2.72 bits per heavy atom. The highest BCUT2D eigenvalue weighted by Crippen LogP contribution is 2.22. The van der Waals surface area contributed by atoms with Crippen LogP contribution in [0.15, 0.2) is 18.2 Å². The first-order valence-electron chi connectivity index (χ1n) is 5.68. The third-order valence-corrected chi connectivity index (χ3v) is 2.87. The van der Waals surface area contributed by atoms with Crippen molar-refractivity contribution in [2.45, 2.75) is 18.9 Å². The summed E-state index contributed by atoms with van der Waals surface area (Å²) in [5.74, 6) is -1.74. The van der Waals surface area contributed by atoms with Gasteiger partial charge in [-0.3, -0.25) is 4.79 Å².